The van der Waals surface area contributed by atoms with Crippen LogP contribution in [-0.4, -0.2) is 41.7 Å². The van der Waals surface area contributed by atoms with Crippen molar-refractivity contribution in [2.45, 2.75) is 44.4 Å². The van der Waals surface area contributed by atoms with Gasteiger partial charge in [0.15, 0.2) is 0 Å². The van der Waals surface area contributed by atoms with Gasteiger partial charge in [-0.2, -0.15) is 0 Å². The number of β-amino-alcohol motifs (C(OH)–C–C–N with tert-alkyl or cyclic N) is 1. The van der Waals surface area contributed by atoms with Crippen LogP contribution in [0.25, 0.3) is 0 Å². The van der Waals surface area contributed by atoms with Crippen LogP contribution in [0.3, 0.4) is 0 Å². The summed E-state index contributed by atoms with van der Waals surface area (Å²) in [6, 6.07) is 23.0. The number of benzene rings is 3. The highest BCUT2D eigenvalue weighted by atomic mass is 19.1. The van der Waals surface area contributed by atoms with Crippen LogP contribution >= 0.6 is 0 Å². The van der Waals surface area contributed by atoms with E-state index in [4.69, 9.17) is 4.74 Å². The Bertz CT molecular complexity index is 1150. The van der Waals surface area contributed by atoms with Crippen LogP contribution in [0.15, 0.2) is 72.8 Å². The van der Waals surface area contributed by atoms with E-state index < -0.39 is 6.10 Å². The number of rotatable bonds is 7. The summed E-state index contributed by atoms with van der Waals surface area (Å²) in [6.45, 7) is 2.78. The maximum Gasteiger partial charge on any atom is 0.222 e. The third-order valence-corrected chi connectivity index (χ3v) is 7.03. The lowest BCUT2D eigenvalue weighted by Crippen LogP contribution is -2.43. The number of nitrogens with zero attached hydrogens (tertiary/aromatic N) is 2. The fourth-order valence-electron chi connectivity index (χ4n) is 5.08. The van der Waals surface area contributed by atoms with E-state index in [1.165, 1.54) is 6.07 Å². The molecule has 2 atom stereocenters. The second-order valence-corrected chi connectivity index (χ2v) is 9.46. The summed E-state index contributed by atoms with van der Waals surface area (Å²) in [5, 5.41) is 11.0. The molecule has 5 nitrogen and oxygen atoms in total. The van der Waals surface area contributed by atoms with Crippen molar-refractivity contribution in [2.24, 2.45) is 0 Å². The molecule has 2 saturated heterocycles. The molecule has 1 amide bonds. The van der Waals surface area contributed by atoms with E-state index in [9.17, 15) is 14.3 Å². The summed E-state index contributed by atoms with van der Waals surface area (Å²) < 4.78 is 20.6. The number of anilines is 1. The number of halogens is 1. The zero-order valence-electron chi connectivity index (χ0n) is 19.8. The highest BCUT2D eigenvalue weighted by Crippen LogP contribution is 2.33. The Morgan fingerprint density at radius 1 is 0.971 bits per heavy atom. The highest BCUT2D eigenvalue weighted by Gasteiger charge is 2.30. The number of ether oxygens (including phenoxy) is 1. The number of carbonyl (C=O) groups excluding carboxylic acids is 1. The summed E-state index contributed by atoms with van der Waals surface area (Å²) in [6.07, 6.45) is 1.59. The fraction of sp³-hybridized carbons (Fsp3) is 0.345. The molecule has 3 aromatic rings. The Labute approximate surface area is 205 Å². The predicted octanol–water partition coefficient (Wildman–Crippen LogP) is 4.88. The van der Waals surface area contributed by atoms with Crippen LogP contribution in [0, 0.1) is 5.82 Å². The summed E-state index contributed by atoms with van der Waals surface area (Å²) in [5.74, 6) is 0.637. The largest absolute Gasteiger partial charge is 0.489 e. The van der Waals surface area contributed by atoms with Gasteiger partial charge in [-0.25, -0.2) is 4.39 Å². The van der Waals surface area contributed by atoms with Crippen molar-refractivity contribution in [1.29, 1.82) is 0 Å². The predicted molar refractivity (Wildman–Crippen MR) is 134 cm³/mol. The quantitative estimate of drug-likeness (QED) is 0.530. The van der Waals surface area contributed by atoms with Gasteiger partial charge < -0.3 is 19.6 Å². The van der Waals surface area contributed by atoms with Gasteiger partial charge in [0.1, 0.15) is 18.2 Å². The van der Waals surface area contributed by atoms with Crippen molar-refractivity contribution in [3.63, 3.8) is 0 Å². The normalized spacial score (nSPS) is 20.3. The van der Waals surface area contributed by atoms with E-state index in [1.807, 2.05) is 70.5 Å². The van der Waals surface area contributed by atoms with Gasteiger partial charge in [-0.3, -0.25) is 4.79 Å². The van der Waals surface area contributed by atoms with Crippen LogP contribution in [0.5, 0.6) is 5.75 Å². The first-order chi connectivity index (χ1) is 17.1. The Balaban J connectivity index is 1.21. The van der Waals surface area contributed by atoms with Gasteiger partial charge in [-0.15, -0.1) is 0 Å². The Morgan fingerprint density at radius 3 is 2.49 bits per heavy atom. The van der Waals surface area contributed by atoms with Gasteiger partial charge >= 0.3 is 0 Å². The minimum atomic E-state index is -0.608. The maximum absolute atomic E-state index is 14.7. The molecule has 2 unspecified atom stereocenters. The fourth-order valence-corrected chi connectivity index (χ4v) is 5.08. The van der Waals surface area contributed by atoms with Crippen LogP contribution in [-0.2, 0) is 17.9 Å². The molecule has 2 heterocycles. The third-order valence-electron chi connectivity index (χ3n) is 7.03. The van der Waals surface area contributed by atoms with Crippen molar-refractivity contribution in [2.75, 3.05) is 24.5 Å². The smallest absolute Gasteiger partial charge is 0.222 e. The Kier molecular flexibility index (Phi) is 7.00. The first-order valence-corrected chi connectivity index (χ1v) is 12.3. The van der Waals surface area contributed by atoms with Gasteiger partial charge in [0, 0.05) is 38.5 Å². The lowest BCUT2D eigenvalue weighted by Gasteiger charge is -2.38. The topological polar surface area (TPSA) is 53.0 Å². The van der Waals surface area contributed by atoms with Crippen LogP contribution in [0.4, 0.5) is 10.1 Å². The molecule has 0 aliphatic carbocycles. The average molecular weight is 475 g/mol. The minimum absolute atomic E-state index is 0.0112. The molecule has 0 aromatic heterocycles. The molecular weight excluding hydrogens is 443 g/mol. The van der Waals surface area contributed by atoms with Crippen molar-refractivity contribution >= 4 is 11.6 Å². The molecule has 1 N–H and O–H groups in total. The van der Waals surface area contributed by atoms with Crippen molar-refractivity contribution in [3.8, 4) is 5.75 Å². The van der Waals surface area contributed by atoms with Crippen LogP contribution in [0.1, 0.15) is 41.9 Å². The van der Waals surface area contributed by atoms with Gasteiger partial charge in [-0.1, -0.05) is 48.5 Å². The Hall–Kier alpha value is -3.38. The molecule has 0 radical (unpaired) electrons. The summed E-state index contributed by atoms with van der Waals surface area (Å²) in [7, 11) is 0. The van der Waals surface area contributed by atoms with Gasteiger partial charge in [0.25, 0.3) is 0 Å². The van der Waals surface area contributed by atoms with Crippen molar-refractivity contribution in [1.82, 2.24) is 4.90 Å². The SMILES string of the molecule is O=C1CCCN1Cc1ccc(F)c(N2CCC(c3ccc(OCc4ccccc4)cc3)C(O)C2)c1. The first kappa shape index (κ1) is 23.4. The number of amides is 1. The molecule has 6 heteroatoms. The summed E-state index contributed by atoms with van der Waals surface area (Å²) in [4.78, 5) is 15.7. The van der Waals surface area contributed by atoms with Crippen molar-refractivity contribution in [3.05, 3.63) is 95.3 Å². The monoisotopic (exact) mass is 474 g/mol. The molecule has 182 valence electrons. The number of carbonyl (C=O) groups is 1. The van der Waals surface area contributed by atoms with Crippen LogP contribution in [0.2, 0.25) is 0 Å². The van der Waals surface area contributed by atoms with E-state index in [0.29, 0.717) is 38.3 Å². The number of aliphatic hydroxyl groups is 1. The molecule has 0 saturated carbocycles. The lowest BCUT2D eigenvalue weighted by atomic mass is 9.87. The van der Waals surface area contributed by atoms with Gasteiger partial charge in [-0.05, 0) is 53.8 Å². The molecule has 0 spiro atoms. The molecule has 2 aliphatic heterocycles. The molecule has 0 bridgehead atoms. The second kappa shape index (κ2) is 10.5. The minimum Gasteiger partial charge on any atom is -0.489 e. The van der Waals surface area contributed by atoms with E-state index in [1.54, 1.807) is 6.07 Å². The van der Waals surface area contributed by atoms with E-state index in [0.717, 1.165) is 41.8 Å². The maximum atomic E-state index is 14.7. The Morgan fingerprint density at radius 2 is 1.77 bits per heavy atom. The third kappa shape index (κ3) is 5.49. The van der Waals surface area contributed by atoms with Crippen molar-refractivity contribution < 1.29 is 19.0 Å². The summed E-state index contributed by atoms with van der Waals surface area (Å²) >= 11 is 0. The van der Waals surface area contributed by atoms with E-state index in [2.05, 4.69) is 0 Å². The number of piperidine rings is 1. The summed E-state index contributed by atoms with van der Waals surface area (Å²) in [5.41, 5.74) is 3.59. The van der Waals surface area contributed by atoms with Gasteiger partial charge in [0.05, 0.1) is 11.8 Å². The lowest BCUT2D eigenvalue weighted by molar-refractivity contribution is -0.128. The molecule has 2 fully saturated rings. The zero-order chi connectivity index (χ0) is 24.2. The zero-order valence-corrected chi connectivity index (χ0v) is 19.8. The molecule has 35 heavy (non-hydrogen) atoms. The number of likely N-dealkylation sites (tertiary alicyclic amines) is 1. The highest BCUT2D eigenvalue weighted by molar-refractivity contribution is 5.78. The van der Waals surface area contributed by atoms with Crippen LogP contribution < -0.4 is 9.64 Å². The number of hydrogen-bond acceptors (Lipinski definition) is 4. The van der Waals surface area contributed by atoms with E-state index in [-0.39, 0.29) is 17.6 Å². The molecular formula is C29H31FN2O3. The number of aliphatic hydroxyl groups excluding tert-OH is 1. The molecule has 5 rings (SSSR count). The van der Waals surface area contributed by atoms with Gasteiger partial charge in [0.2, 0.25) is 5.91 Å². The molecule has 2 aliphatic rings. The molecule has 3 aromatic carbocycles. The number of hydrogen-bond donors (Lipinski definition) is 1. The second-order valence-electron chi connectivity index (χ2n) is 9.46. The first-order valence-electron chi connectivity index (χ1n) is 12.3. The van der Waals surface area contributed by atoms with E-state index >= 15 is 0 Å². The standard InChI is InChI=1S/C29H31FN2O3/c30-26-13-8-22(18-32-15-4-7-29(32)34)17-27(26)31-16-14-25(28(33)19-31)23-9-11-24(12-10-23)35-20-21-5-2-1-3-6-21/h1-3,5-6,8-13,17,25,28,33H,4,7,14-16,18-20H2. The average Bonchev–Trinajstić information content (AvgIpc) is 3.29.